The van der Waals surface area contributed by atoms with E-state index in [4.69, 9.17) is 4.74 Å². The lowest BCUT2D eigenvalue weighted by Gasteiger charge is -2.35. The lowest BCUT2D eigenvalue weighted by atomic mass is 10.2. The van der Waals surface area contributed by atoms with Crippen molar-refractivity contribution in [2.45, 2.75) is 45.6 Å². The van der Waals surface area contributed by atoms with Crippen LogP contribution in [0.5, 0.6) is 0 Å². The molecule has 0 radical (unpaired) electrons. The number of alkyl halides is 3. The summed E-state index contributed by atoms with van der Waals surface area (Å²) in [6.07, 6.45) is -2.81. The molecule has 1 aromatic carbocycles. The van der Waals surface area contributed by atoms with Gasteiger partial charge in [0.25, 0.3) is 5.91 Å². The maximum atomic E-state index is 13.7. The zero-order valence-corrected chi connectivity index (χ0v) is 17.4. The Kier molecular flexibility index (Phi) is 6.82. The molecule has 2 unspecified atom stereocenters. The predicted molar refractivity (Wildman–Crippen MR) is 107 cm³/mol. The SMILES string of the molecule is Cc1ccc(-n2ncc(C(=O)NCCCN3CC(C)OC(C)C3)c2C(F)(F)F)cc1. The number of aromatic nitrogens is 2. The summed E-state index contributed by atoms with van der Waals surface area (Å²) in [6.45, 7) is 8.50. The third-order valence-electron chi connectivity index (χ3n) is 4.99. The number of amides is 1. The van der Waals surface area contributed by atoms with Crippen molar-refractivity contribution in [1.29, 1.82) is 0 Å². The quantitative estimate of drug-likeness (QED) is 0.722. The summed E-state index contributed by atoms with van der Waals surface area (Å²) in [5.41, 5.74) is -0.375. The Balaban J connectivity index is 1.65. The second-order valence-electron chi connectivity index (χ2n) is 7.78. The molecule has 0 spiro atoms. The Morgan fingerprint density at radius 3 is 2.43 bits per heavy atom. The van der Waals surface area contributed by atoms with Crippen molar-refractivity contribution in [3.05, 3.63) is 47.3 Å². The lowest BCUT2D eigenvalue weighted by molar-refractivity contribution is -0.143. The Labute approximate surface area is 174 Å². The van der Waals surface area contributed by atoms with Crippen molar-refractivity contribution in [3.8, 4) is 5.69 Å². The second-order valence-corrected chi connectivity index (χ2v) is 7.78. The van der Waals surface area contributed by atoms with Crippen LogP contribution in [0, 0.1) is 6.92 Å². The van der Waals surface area contributed by atoms with E-state index in [1.807, 2.05) is 20.8 Å². The van der Waals surface area contributed by atoms with Crippen LogP contribution in [0.4, 0.5) is 13.2 Å². The first-order chi connectivity index (χ1) is 14.1. The molecule has 1 aliphatic rings. The molecule has 1 amide bonds. The van der Waals surface area contributed by atoms with Crippen LogP contribution < -0.4 is 5.32 Å². The number of aryl methyl sites for hydroxylation is 1. The monoisotopic (exact) mass is 424 g/mol. The number of nitrogens with zero attached hydrogens (tertiary/aromatic N) is 3. The summed E-state index contributed by atoms with van der Waals surface area (Å²) in [7, 11) is 0. The molecule has 164 valence electrons. The van der Waals surface area contributed by atoms with Gasteiger partial charge in [-0.2, -0.15) is 18.3 Å². The minimum Gasteiger partial charge on any atom is -0.373 e. The first-order valence-electron chi connectivity index (χ1n) is 10.0. The number of morpholine rings is 1. The predicted octanol–water partition coefficient (Wildman–Crippen LogP) is 3.43. The van der Waals surface area contributed by atoms with Crippen LogP contribution >= 0.6 is 0 Å². The molecule has 30 heavy (non-hydrogen) atoms. The van der Waals surface area contributed by atoms with Gasteiger partial charge in [0.2, 0.25) is 0 Å². The average Bonchev–Trinajstić information content (AvgIpc) is 3.10. The van der Waals surface area contributed by atoms with Crippen LogP contribution in [0.25, 0.3) is 5.69 Å². The van der Waals surface area contributed by atoms with Crippen molar-refractivity contribution < 1.29 is 22.7 Å². The lowest BCUT2D eigenvalue weighted by Crippen LogP contribution is -2.46. The molecular formula is C21H27F3N4O2. The molecule has 1 saturated heterocycles. The van der Waals surface area contributed by atoms with Gasteiger partial charge in [0.15, 0.2) is 5.69 Å². The van der Waals surface area contributed by atoms with Crippen LogP contribution in [-0.2, 0) is 10.9 Å². The van der Waals surface area contributed by atoms with Gasteiger partial charge in [0, 0.05) is 26.2 Å². The van der Waals surface area contributed by atoms with Gasteiger partial charge in [-0.15, -0.1) is 0 Å². The number of hydrogen-bond acceptors (Lipinski definition) is 4. The third-order valence-corrected chi connectivity index (χ3v) is 4.99. The van der Waals surface area contributed by atoms with Gasteiger partial charge >= 0.3 is 6.18 Å². The number of hydrogen-bond donors (Lipinski definition) is 1. The van der Waals surface area contributed by atoms with Gasteiger partial charge in [0.05, 0.1) is 29.7 Å². The number of carbonyl (C=O) groups is 1. The Bertz CT molecular complexity index is 854. The number of ether oxygens (including phenoxy) is 1. The molecule has 0 bridgehead atoms. The van der Waals surface area contributed by atoms with Gasteiger partial charge < -0.3 is 10.1 Å². The highest BCUT2D eigenvalue weighted by molar-refractivity contribution is 5.95. The summed E-state index contributed by atoms with van der Waals surface area (Å²) in [6, 6.07) is 6.49. The molecule has 3 rings (SSSR count). The van der Waals surface area contributed by atoms with Crippen molar-refractivity contribution in [2.75, 3.05) is 26.2 Å². The summed E-state index contributed by atoms with van der Waals surface area (Å²) in [5, 5.41) is 6.43. The van der Waals surface area contributed by atoms with E-state index < -0.39 is 23.3 Å². The first-order valence-corrected chi connectivity index (χ1v) is 10.0. The molecule has 6 nitrogen and oxygen atoms in total. The summed E-state index contributed by atoms with van der Waals surface area (Å²) >= 11 is 0. The standard InChI is InChI=1S/C21H27F3N4O2/c1-14-5-7-17(8-6-14)28-19(21(22,23)24)18(11-26-28)20(29)25-9-4-10-27-12-15(2)30-16(3)13-27/h5-8,11,15-16H,4,9-10,12-13H2,1-3H3,(H,25,29). The fourth-order valence-electron chi connectivity index (χ4n) is 3.74. The fraction of sp³-hybridized carbons (Fsp3) is 0.524. The van der Waals surface area contributed by atoms with Gasteiger partial charge in [-0.05, 0) is 39.3 Å². The van der Waals surface area contributed by atoms with Crippen LogP contribution in [0.15, 0.2) is 30.5 Å². The van der Waals surface area contributed by atoms with E-state index in [0.29, 0.717) is 6.42 Å². The van der Waals surface area contributed by atoms with Crippen LogP contribution in [-0.4, -0.2) is 59.0 Å². The smallest absolute Gasteiger partial charge is 0.373 e. The van der Waals surface area contributed by atoms with E-state index in [0.717, 1.165) is 36.1 Å². The number of nitrogens with one attached hydrogen (secondary N) is 1. The topological polar surface area (TPSA) is 59.4 Å². The van der Waals surface area contributed by atoms with Crippen molar-refractivity contribution >= 4 is 5.91 Å². The van der Waals surface area contributed by atoms with E-state index in [9.17, 15) is 18.0 Å². The van der Waals surface area contributed by atoms with E-state index >= 15 is 0 Å². The third kappa shape index (κ3) is 5.40. The first kappa shape index (κ1) is 22.3. The maximum absolute atomic E-state index is 13.7. The Hall–Kier alpha value is -2.39. The molecule has 1 aliphatic heterocycles. The van der Waals surface area contributed by atoms with Gasteiger partial charge in [-0.1, -0.05) is 17.7 Å². The highest BCUT2D eigenvalue weighted by Gasteiger charge is 2.40. The fourth-order valence-corrected chi connectivity index (χ4v) is 3.74. The minimum atomic E-state index is -4.71. The molecule has 0 aliphatic carbocycles. The normalized spacial score (nSPS) is 20.3. The second kappa shape index (κ2) is 9.18. The zero-order chi connectivity index (χ0) is 21.9. The van der Waals surface area contributed by atoms with Crippen molar-refractivity contribution in [3.63, 3.8) is 0 Å². The van der Waals surface area contributed by atoms with Crippen LogP contribution in [0.2, 0.25) is 0 Å². The molecule has 1 aromatic heterocycles. The van der Waals surface area contributed by atoms with E-state index in [1.54, 1.807) is 24.3 Å². The van der Waals surface area contributed by atoms with Crippen LogP contribution in [0.1, 0.15) is 41.9 Å². The highest BCUT2D eigenvalue weighted by Crippen LogP contribution is 2.33. The zero-order valence-electron chi connectivity index (χ0n) is 17.4. The number of halogens is 3. The van der Waals surface area contributed by atoms with E-state index in [1.165, 1.54) is 0 Å². The maximum Gasteiger partial charge on any atom is 0.434 e. The molecule has 9 heteroatoms. The van der Waals surface area contributed by atoms with E-state index in [2.05, 4.69) is 15.3 Å². The van der Waals surface area contributed by atoms with Gasteiger partial charge in [-0.3, -0.25) is 9.69 Å². The highest BCUT2D eigenvalue weighted by atomic mass is 19.4. The molecule has 2 aromatic rings. The molecule has 1 N–H and O–H groups in total. The van der Waals surface area contributed by atoms with Crippen molar-refractivity contribution in [1.82, 2.24) is 20.0 Å². The average molecular weight is 424 g/mol. The molecule has 0 saturated carbocycles. The minimum absolute atomic E-state index is 0.144. The van der Waals surface area contributed by atoms with Gasteiger partial charge in [0.1, 0.15) is 0 Å². The van der Waals surface area contributed by atoms with Gasteiger partial charge in [-0.25, -0.2) is 4.68 Å². The molecule has 2 atom stereocenters. The number of benzene rings is 1. The summed E-state index contributed by atoms with van der Waals surface area (Å²) in [4.78, 5) is 14.7. The van der Waals surface area contributed by atoms with Crippen molar-refractivity contribution in [2.24, 2.45) is 0 Å². The Morgan fingerprint density at radius 2 is 1.83 bits per heavy atom. The van der Waals surface area contributed by atoms with E-state index in [-0.39, 0.29) is 24.4 Å². The molecular weight excluding hydrogens is 397 g/mol. The largest absolute Gasteiger partial charge is 0.434 e. The Morgan fingerprint density at radius 1 is 1.20 bits per heavy atom. The molecule has 1 fully saturated rings. The summed E-state index contributed by atoms with van der Waals surface area (Å²) in [5.74, 6) is -0.774. The summed E-state index contributed by atoms with van der Waals surface area (Å²) < 4.78 is 47.6. The van der Waals surface area contributed by atoms with Crippen LogP contribution in [0.3, 0.4) is 0 Å². The number of rotatable bonds is 6. The number of carbonyl (C=O) groups excluding carboxylic acids is 1. The molecule has 2 heterocycles.